The third kappa shape index (κ3) is 7.62. The van der Waals surface area contributed by atoms with Crippen LogP contribution in [0.25, 0.3) is 0 Å². The number of aliphatic hydroxyl groups excluding tert-OH is 1. The molecule has 2 aromatic carbocycles. The molecule has 0 saturated carbocycles. The van der Waals surface area contributed by atoms with Crippen molar-refractivity contribution in [1.29, 1.82) is 0 Å². The summed E-state index contributed by atoms with van der Waals surface area (Å²) in [6, 6.07) is 16.2. The lowest BCUT2D eigenvalue weighted by molar-refractivity contribution is 0.0600. The number of carbonyl (C=O) groups is 1. The Kier molecular flexibility index (Phi) is 9.40. The Morgan fingerprint density at radius 3 is 2.33 bits per heavy atom. The van der Waals surface area contributed by atoms with Crippen LogP contribution in [-0.4, -0.2) is 81.5 Å². The molecule has 9 heteroatoms. The lowest BCUT2D eigenvalue weighted by atomic mass is 10.1. The molecule has 0 aliphatic carbocycles. The van der Waals surface area contributed by atoms with Crippen molar-refractivity contribution in [2.24, 2.45) is 0 Å². The molecule has 8 nitrogen and oxygen atoms in total. The van der Waals surface area contributed by atoms with Gasteiger partial charge in [-0.05, 0) is 29.7 Å². The van der Waals surface area contributed by atoms with Gasteiger partial charge in [0.1, 0.15) is 0 Å². The van der Waals surface area contributed by atoms with Gasteiger partial charge in [-0.3, -0.25) is 4.90 Å². The van der Waals surface area contributed by atoms with Crippen molar-refractivity contribution < 1.29 is 23.1 Å². The summed E-state index contributed by atoms with van der Waals surface area (Å²) >= 11 is 0. The summed E-state index contributed by atoms with van der Waals surface area (Å²) in [4.78, 5) is 16.1. The first-order chi connectivity index (χ1) is 15.9. The maximum atomic E-state index is 13.0. The number of nitrogens with one attached hydrogen (secondary N) is 1. The molecule has 1 fully saturated rings. The highest BCUT2D eigenvalue weighted by molar-refractivity contribution is 7.89. The van der Waals surface area contributed by atoms with Crippen LogP contribution in [0.3, 0.4) is 0 Å². The number of ether oxygens (including phenoxy) is 1. The molecule has 2 aromatic rings. The van der Waals surface area contributed by atoms with Crippen molar-refractivity contribution in [1.82, 2.24) is 14.5 Å². The second-order valence-electron chi connectivity index (χ2n) is 8.17. The van der Waals surface area contributed by atoms with Gasteiger partial charge in [-0.1, -0.05) is 42.5 Å². The lowest BCUT2D eigenvalue weighted by Gasteiger charge is -2.39. The van der Waals surface area contributed by atoms with Gasteiger partial charge in [-0.25, -0.2) is 17.9 Å². The van der Waals surface area contributed by atoms with Gasteiger partial charge >= 0.3 is 5.97 Å². The van der Waals surface area contributed by atoms with E-state index in [1.54, 1.807) is 24.3 Å². The number of carbonyl (C=O) groups excluding carboxylic acids is 1. The van der Waals surface area contributed by atoms with Crippen molar-refractivity contribution in [2.75, 3.05) is 52.2 Å². The highest BCUT2D eigenvalue weighted by Crippen LogP contribution is 2.24. The van der Waals surface area contributed by atoms with E-state index in [0.29, 0.717) is 5.56 Å². The van der Waals surface area contributed by atoms with Crippen LogP contribution in [0.5, 0.6) is 0 Å². The fourth-order valence-corrected chi connectivity index (χ4v) is 5.34. The van der Waals surface area contributed by atoms with Crippen LogP contribution in [0, 0.1) is 0 Å². The van der Waals surface area contributed by atoms with Crippen molar-refractivity contribution in [3.8, 4) is 0 Å². The van der Waals surface area contributed by atoms with E-state index in [-0.39, 0.29) is 24.9 Å². The third-order valence-corrected chi connectivity index (χ3v) is 7.25. The van der Waals surface area contributed by atoms with Crippen molar-refractivity contribution in [3.05, 3.63) is 71.3 Å². The van der Waals surface area contributed by atoms with Crippen LogP contribution >= 0.6 is 0 Å². The van der Waals surface area contributed by atoms with Gasteiger partial charge in [-0.2, -0.15) is 0 Å². The quantitative estimate of drug-likeness (QED) is 0.477. The molecule has 1 aliphatic rings. The van der Waals surface area contributed by atoms with E-state index in [0.717, 1.165) is 50.3 Å². The average Bonchev–Trinajstić information content (AvgIpc) is 2.85. The Labute approximate surface area is 196 Å². The molecule has 0 amide bonds. The first kappa shape index (κ1) is 25.3. The molecule has 0 spiro atoms. The van der Waals surface area contributed by atoms with Gasteiger partial charge in [0.05, 0.1) is 24.5 Å². The molecule has 1 unspecified atom stereocenters. The molecule has 0 radical (unpaired) electrons. The predicted octanol–water partition coefficient (Wildman–Crippen LogP) is 1.63. The highest BCUT2D eigenvalue weighted by Gasteiger charge is 2.29. The molecule has 3 rings (SSSR count). The molecular weight excluding hydrogens is 442 g/mol. The van der Waals surface area contributed by atoms with Crippen molar-refractivity contribution in [2.45, 2.75) is 19.0 Å². The van der Waals surface area contributed by atoms with Crippen molar-refractivity contribution in [3.63, 3.8) is 0 Å². The van der Waals surface area contributed by atoms with E-state index in [9.17, 15) is 13.2 Å². The second-order valence-corrected chi connectivity index (χ2v) is 10.0. The van der Waals surface area contributed by atoms with Crippen LogP contribution < -0.4 is 4.72 Å². The summed E-state index contributed by atoms with van der Waals surface area (Å²) in [5.41, 5.74) is 2.17. The molecule has 1 aliphatic heterocycles. The normalized spacial score (nSPS) is 16.4. The van der Waals surface area contributed by atoms with E-state index in [1.807, 2.05) is 30.3 Å². The Morgan fingerprint density at radius 2 is 1.73 bits per heavy atom. The van der Waals surface area contributed by atoms with Crippen LogP contribution in [0.2, 0.25) is 0 Å². The average molecular weight is 476 g/mol. The standard InChI is InChI=1S/C24H33N3O5S/c1-32-24(29)22-10-8-20(9-11-22)18-25-33(30,31)19-23(21-6-3-2-4-7-21)27-15-13-26(14-16-27)12-5-17-28/h2-4,6-11,23,25,28H,5,12-19H2,1H3. The smallest absolute Gasteiger partial charge is 0.337 e. The fraction of sp³-hybridized carbons (Fsp3) is 0.458. The summed E-state index contributed by atoms with van der Waals surface area (Å²) in [7, 11) is -2.24. The zero-order chi connectivity index (χ0) is 23.7. The summed E-state index contributed by atoms with van der Waals surface area (Å²) in [5, 5.41) is 9.06. The van der Waals surface area contributed by atoms with E-state index < -0.39 is 16.0 Å². The van der Waals surface area contributed by atoms with Crippen LogP contribution in [0.4, 0.5) is 0 Å². The third-order valence-electron chi connectivity index (χ3n) is 5.91. The maximum absolute atomic E-state index is 13.0. The number of rotatable bonds is 11. The number of sulfonamides is 1. The first-order valence-corrected chi connectivity index (χ1v) is 12.8. The van der Waals surface area contributed by atoms with Crippen LogP contribution in [0.15, 0.2) is 54.6 Å². The summed E-state index contributed by atoms with van der Waals surface area (Å²) in [6.07, 6.45) is 0.751. The van der Waals surface area contributed by atoms with E-state index >= 15 is 0 Å². The monoisotopic (exact) mass is 475 g/mol. The van der Waals surface area contributed by atoms with Crippen LogP contribution in [-0.2, 0) is 21.3 Å². The molecule has 2 N–H and O–H groups in total. The Morgan fingerprint density at radius 1 is 1.06 bits per heavy atom. The van der Waals surface area contributed by atoms with Gasteiger partial charge in [0.25, 0.3) is 0 Å². The van der Waals surface area contributed by atoms with Gasteiger partial charge in [0, 0.05) is 45.9 Å². The highest BCUT2D eigenvalue weighted by atomic mass is 32.2. The Bertz CT molecular complexity index is 975. The predicted molar refractivity (Wildman–Crippen MR) is 127 cm³/mol. The Hall–Kier alpha value is -2.30. The van der Waals surface area contributed by atoms with E-state index in [4.69, 9.17) is 9.84 Å². The number of nitrogens with zero attached hydrogens (tertiary/aromatic N) is 2. The molecule has 0 aromatic heterocycles. The van der Waals surface area contributed by atoms with Gasteiger partial charge in [0.15, 0.2) is 0 Å². The second kappa shape index (κ2) is 12.2. The number of piperazine rings is 1. The van der Waals surface area contributed by atoms with Crippen molar-refractivity contribution >= 4 is 16.0 Å². The largest absolute Gasteiger partial charge is 0.465 e. The zero-order valence-corrected chi connectivity index (χ0v) is 19.8. The molecule has 33 heavy (non-hydrogen) atoms. The number of methoxy groups -OCH3 is 1. The molecule has 1 saturated heterocycles. The van der Waals surface area contributed by atoms with Gasteiger partial charge in [-0.15, -0.1) is 0 Å². The minimum atomic E-state index is -3.57. The van der Waals surface area contributed by atoms with E-state index in [1.165, 1.54) is 7.11 Å². The molecular formula is C24H33N3O5S. The number of benzene rings is 2. The molecule has 0 bridgehead atoms. The summed E-state index contributed by atoms with van der Waals surface area (Å²) in [6.45, 7) is 4.44. The van der Waals surface area contributed by atoms with Crippen LogP contribution in [0.1, 0.15) is 33.9 Å². The van der Waals surface area contributed by atoms with E-state index in [2.05, 4.69) is 14.5 Å². The zero-order valence-electron chi connectivity index (χ0n) is 19.0. The molecule has 1 atom stereocenters. The fourth-order valence-electron chi connectivity index (χ4n) is 4.02. The molecule has 180 valence electrons. The topological polar surface area (TPSA) is 99.2 Å². The number of esters is 1. The number of aliphatic hydroxyl groups is 1. The summed E-state index contributed by atoms with van der Waals surface area (Å²) < 4.78 is 33.4. The first-order valence-electron chi connectivity index (χ1n) is 11.2. The maximum Gasteiger partial charge on any atom is 0.337 e. The number of hydrogen-bond acceptors (Lipinski definition) is 7. The van der Waals surface area contributed by atoms with Gasteiger partial charge < -0.3 is 14.7 Å². The molecule has 1 heterocycles. The summed E-state index contributed by atoms with van der Waals surface area (Å²) in [5.74, 6) is -0.460. The SMILES string of the molecule is COC(=O)c1ccc(CNS(=O)(=O)CC(c2ccccc2)N2CCN(CCCO)CC2)cc1. The lowest BCUT2D eigenvalue weighted by Crippen LogP contribution is -2.49. The Balaban J connectivity index is 1.64. The minimum Gasteiger partial charge on any atom is -0.465 e. The minimum absolute atomic E-state index is 0.0338. The van der Waals surface area contributed by atoms with Gasteiger partial charge in [0.2, 0.25) is 10.0 Å². The number of hydrogen-bond donors (Lipinski definition) is 2.